The molecule has 0 unspecified atom stereocenters. The van der Waals surface area contributed by atoms with Crippen LogP contribution in [0.4, 0.5) is 0 Å². The molecule has 0 radical (unpaired) electrons. The maximum absolute atomic E-state index is 12.6. The highest BCUT2D eigenvalue weighted by Crippen LogP contribution is 2.26. The number of fused-ring (bicyclic) bond motifs is 1. The third-order valence-electron chi connectivity index (χ3n) is 3.90. The molecule has 3 rings (SSSR count). The average molecular weight is 303 g/mol. The molecule has 1 aromatic carbocycles. The predicted octanol–water partition coefficient (Wildman–Crippen LogP) is 1.85. The molecule has 0 saturated carbocycles. The Kier molecular flexibility index (Phi) is 3.85. The van der Waals surface area contributed by atoms with Crippen LogP contribution in [0.5, 0.6) is 0 Å². The second-order valence-electron chi connectivity index (χ2n) is 5.39. The Balaban J connectivity index is 1.77. The van der Waals surface area contributed by atoms with E-state index < -0.39 is 18.0 Å². The number of hydrogen-bond donors (Lipinski definition) is 1. The van der Waals surface area contributed by atoms with Crippen molar-refractivity contribution in [1.82, 2.24) is 4.90 Å². The predicted molar refractivity (Wildman–Crippen MR) is 78.6 cm³/mol. The van der Waals surface area contributed by atoms with Crippen molar-refractivity contribution in [2.24, 2.45) is 0 Å². The smallest absolute Gasteiger partial charge is 0.334 e. The van der Waals surface area contributed by atoms with Crippen molar-refractivity contribution in [2.75, 3.05) is 19.7 Å². The molecule has 2 atom stereocenters. The van der Waals surface area contributed by atoms with Crippen LogP contribution in [0, 0.1) is 0 Å². The molecule has 0 bridgehead atoms. The number of morpholine rings is 1. The van der Waals surface area contributed by atoms with E-state index in [9.17, 15) is 9.59 Å². The molecule has 0 spiro atoms. The first kappa shape index (κ1) is 14.6. The zero-order valence-corrected chi connectivity index (χ0v) is 12.2. The van der Waals surface area contributed by atoms with Crippen LogP contribution in [0.25, 0.3) is 11.0 Å². The Labute approximate surface area is 127 Å². The van der Waals surface area contributed by atoms with E-state index in [1.54, 1.807) is 6.92 Å². The molecule has 2 heterocycles. The Morgan fingerprint density at radius 3 is 2.86 bits per heavy atom. The molecule has 1 aliphatic heterocycles. The molecule has 1 aliphatic rings. The third-order valence-corrected chi connectivity index (χ3v) is 3.90. The topological polar surface area (TPSA) is 80.0 Å². The summed E-state index contributed by atoms with van der Waals surface area (Å²) in [5, 5.41) is 9.95. The highest BCUT2D eigenvalue weighted by atomic mass is 16.5. The molecule has 1 saturated heterocycles. The van der Waals surface area contributed by atoms with E-state index in [1.807, 2.05) is 30.3 Å². The summed E-state index contributed by atoms with van der Waals surface area (Å²) in [5.41, 5.74) is 0.738. The third kappa shape index (κ3) is 2.69. The number of nitrogens with zero attached hydrogens (tertiary/aromatic N) is 1. The van der Waals surface area contributed by atoms with Crippen molar-refractivity contribution < 1.29 is 23.8 Å². The zero-order chi connectivity index (χ0) is 15.7. The van der Waals surface area contributed by atoms with Gasteiger partial charge in [-0.05, 0) is 19.1 Å². The van der Waals surface area contributed by atoms with Crippen molar-refractivity contribution in [2.45, 2.75) is 18.9 Å². The Bertz CT molecular complexity index is 674. The van der Waals surface area contributed by atoms with Crippen LogP contribution < -0.4 is 0 Å². The van der Waals surface area contributed by atoms with Gasteiger partial charge in [-0.1, -0.05) is 18.2 Å². The highest BCUT2D eigenvalue weighted by Gasteiger charge is 2.32. The fourth-order valence-electron chi connectivity index (χ4n) is 2.61. The summed E-state index contributed by atoms with van der Waals surface area (Å²) in [6, 6.07) is 9.42. The second kappa shape index (κ2) is 5.81. The molecule has 2 aromatic rings. The normalized spacial score (nSPS) is 20.0. The molecular formula is C16H17NO5. The number of rotatable bonds is 3. The zero-order valence-electron chi connectivity index (χ0n) is 12.2. The van der Waals surface area contributed by atoms with Gasteiger partial charge in [0.1, 0.15) is 11.3 Å². The summed E-state index contributed by atoms with van der Waals surface area (Å²) in [6.45, 7) is 2.47. The van der Waals surface area contributed by atoms with E-state index >= 15 is 0 Å². The van der Waals surface area contributed by atoms with E-state index in [4.69, 9.17) is 14.3 Å². The summed E-state index contributed by atoms with van der Waals surface area (Å²) in [4.78, 5) is 25.1. The minimum Gasteiger partial charge on any atom is -0.479 e. The SMILES string of the molecule is C[C@@H](C(=O)N1CCO[C@H](C(=O)O)C1)c1cc2ccccc2o1. The minimum atomic E-state index is -1.05. The van der Waals surface area contributed by atoms with Gasteiger partial charge < -0.3 is 19.2 Å². The van der Waals surface area contributed by atoms with E-state index in [2.05, 4.69) is 0 Å². The van der Waals surface area contributed by atoms with Gasteiger partial charge in [0.25, 0.3) is 0 Å². The number of hydrogen-bond acceptors (Lipinski definition) is 4. The maximum Gasteiger partial charge on any atom is 0.334 e. The number of carboxylic acid groups (broad SMARTS) is 1. The molecule has 22 heavy (non-hydrogen) atoms. The van der Waals surface area contributed by atoms with Gasteiger partial charge in [-0.25, -0.2) is 4.79 Å². The molecular weight excluding hydrogens is 286 g/mol. The number of aliphatic carboxylic acids is 1. The fraction of sp³-hybridized carbons (Fsp3) is 0.375. The Morgan fingerprint density at radius 1 is 1.36 bits per heavy atom. The number of ether oxygens (including phenoxy) is 1. The minimum absolute atomic E-state index is 0.0682. The van der Waals surface area contributed by atoms with Crippen LogP contribution in [0.3, 0.4) is 0 Å². The van der Waals surface area contributed by atoms with Crippen LogP contribution in [-0.2, 0) is 14.3 Å². The summed E-state index contributed by atoms with van der Waals surface area (Å²) in [5.74, 6) is -1.06. The molecule has 6 heteroatoms. The second-order valence-corrected chi connectivity index (χ2v) is 5.39. The van der Waals surface area contributed by atoms with Gasteiger partial charge in [-0.3, -0.25) is 4.79 Å². The first-order valence-corrected chi connectivity index (χ1v) is 7.18. The van der Waals surface area contributed by atoms with E-state index in [0.29, 0.717) is 12.3 Å². The number of amides is 1. The van der Waals surface area contributed by atoms with Gasteiger partial charge in [-0.2, -0.15) is 0 Å². The fourth-order valence-corrected chi connectivity index (χ4v) is 2.61. The summed E-state index contributed by atoms with van der Waals surface area (Å²) >= 11 is 0. The number of benzene rings is 1. The maximum atomic E-state index is 12.6. The Hall–Kier alpha value is -2.34. The van der Waals surface area contributed by atoms with Crippen LogP contribution >= 0.6 is 0 Å². The van der Waals surface area contributed by atoms with Gasteiger partial charge in [0.05, 0.1) is 19.1 Å². The number of carboxylic acids is 1. The first-order chi connectivity index (χ1) is 10.6. The number of carbonyl (C=O) groups excluding carboxylic acids is 1. The summed E-state index contributed by atoms with van der Waals surface area (Å²) in [6.07, 6.45) is -0.958. The molecule has 1 amide bonds. The molecule has 0 aliphatic carbocycles. The van der Waals surface area contributed by atoms with E-state index in [-0.39, 0.29) is 19.1 Å². The van der Waals surface area contributed by atoms with Crippen LogP contribution in [0.1, 0.15) is 18.6 Å². The van der Waals surface area contributed by atoms with Gasteiger partial charge in [0.15, 0.2) is 6.10 Å². The van der Waals surface area contributed by atoms with Gasteiger partial charge in [-0.15, -0.1) is 0 Å². The Morgan fingerprint density at radius 2 is 2.14 bits per heavy atom. The summed E-state index contributed by atoms with van der Waals surface area (Å²) in [7, 11) is 0. The van der Waals surface area contributed by atoms with Crippen LogP contribution in [0.15, 0.2) is 34.7 Å². The largest absolute Gasteiger partial charge is 0.479 e. The quantitative estimate of drug-likeness (QED) is 0.936. The lowest BCUT2D eigenvalue weighted by molar-refractivity contribution is -0.159. The lowest BCUT2D eigenvalue weighted by Crippen LogP contribution is -2.49. The van der Waals surface area contributed by atoms with Crippen molar-refractivity contribution in [3.63, 3.8) is 0 Å². The van der Waals surface area contributed by atoms with Crippen molar-refractivity contribution in [3.8, 4) is 0 Å². The van der Waals surface area contributed by atoms with Crippen LogP contribution in [-0.4, -0.2) is 47.7 Å². The van der Waals surface area contributed by atoms with Gasteiger partial charge in [0, 0.05) is 11.9 Å². The molecule has 6 nitrogen and oxygen atoms in total. The summed E-state index contributed by atoms with van der Waals surface area (Å²) < 4.78 is 10.9. The average Bonchev–Trinajstić information content (AvgIpc) is 2.97. The van der Waals surface area contributed by atoms with Crippen molar-refractivity contribution >= 4 is 22.8 Å². The molecule has 1 fully saturated rings. The van der Waals surface area contributed by atoms with Crippen molar-refractivity contribution in [1.29, 1.82) is 0 Å². The first-order valence-electron chi connectivity index (χ1n) is 7.18. The molecule has 1 aromatic heterocycles. The standard InChI is InChI=1S/C16H17NO5/c1-10(13-8-11-4-2-3-5-12(11)22-13)15(18)17-6-7-21-14(9-17)16(19)20/h2-5,8,10,14H,6-7,9H2,1H3,(H,19,20)/t10-,14+/m1/s1. The number of furan rings is 1. The lowest BCUT2D eigenvalue weighted by Gasteiger charge is -2.32. The number of carbonyl (C=O) groups is 2. The number of para-hydroxylation sites is 1. The highest BCUT2D eigenvalue weighted by molar-refractivity contribution is 5.86. The monoisotopic (exact) mass is 303 g/mol. The van der Waals surface area contributed by atoms with E-state index in [1.165, 1.54) is 4.90 Å². The molecule has 1 N–H and O–H groups in total. The van der Waals surface area contributed by atoms with Crippen LogP contribution in [0.2, 0.25) is 0 Å². The van der Waals surface area contributed by atoms with Gasteiger partial charge >= 0.3 is 5.97 Å². The van der Waals surface area contributed by atoms with Gasteiger partial charge in [0.2, 0.25) is 5.91 Å². The lowest BCUT2D eigenvalue weighted by atomic mass is 10.1. The van der Waals surface area contributed by atoms with Crippen molar-refractivity contribution in [3.05, 3.63) is 36.1 Å². The molecule has 116 valence electrons. The van der Waals surface area contributed by atoms with E-state index in [0.717, 1.165) is 11.0 Å².